The summed E-state index contributed by atoms with van der Waals surface area (Å²) in [7, 11) is -6.63. The van der Waals surface area contributed by atoms with Gasteiger partial charge in [-0.1, -0.05) is 0 Å². The van der Waals surface area contributed by atoms with Gasteiger partial charge in [0.1, 0.15) is 10.7 Å². The minimum absolute atomic E-state index is 0.0694. The van der Waals surface area contributed by atoms with Crippen molar-refractivity contribution in [3.63, 3.8) is 0 Å². The maximum Gasteiger partial charge on any atom is 0.417 e. The number of thioether (sulfide) groups is 1. The molecule has 13 nitrogen and oxygen atoms in total. The first-order valence-electron chi connectivity index (χ1n) is 10.1. The van der Waals surface area contributed by atoms with E-state index in [2.05, 4.69) is 14.7 Å². The van der Waals surface area contributed by atoms with Crippen molar-refractivity contribution in [1.29, 1.82) is 0 Å². The molecule has 0 spiro atoms. The first kappa shape index (κ1) is 26.9. The number of hydrogen-bond acceptors (Lipinski definition) is 9. The zero-order valence-corrected chi connectivity index (χ0v) is 21.4. The highest BCUT2D eigenvalue weighted by Gasteiger charge is 2.39. The number of sulfonamides is 2. The number of amidine groups is 1. The molecule has 37 heavy (non-hydrogen) atoms. The molecule has 0 atom stereocenters. The first-order chi connectivity index (χ1) is 17.0. The number of halogens is 3. The van der Waals surface area contributed by atoms with Crippen LogP contribution in [-0.4, -0.2) is 52.9 Å². The Kier molecular flexibility index (Phi) is 6.54. The second kappa shape index (κ2) is 8.99. The van der Waals surface area contributed by atoms with Crippen molar-refractivity contribution in [3.8, 4) is 0 Å². The highest BCUT2D eigenvalue weighted by atomic mass is 32.2. The van der Waals surface area contributed by atoms with E-state index in [4.69, 9.17) is 5.14 Å². The van der Waals surface area contributed by atoms with E-state index < -0.39 is 58.5 Å². The van der Waals surface area contributed by atoms with Crippen molar-refractivity contribution in [1.82, 2.24) is 18.7 Å². The lowest BCUT2D eigenvalue weighted by Gasteiger charge is -2.21. The molecule has 0 saturated carbocycles. The summed E-state index contributed by atoms with van der Waals surface area (Å²) in [6.45, 7) is 0.237. The van der Waals surface area contributed by atoms with Crippen LogP contribution in [0, 0.1) is 0 Å². The molecular formula is C18H18F3N7O6S3. The molecule has 200 valence electrons. The van der Waals surface area contributed by atoms with Crippen LogP contribution < -0.4 is 21.7 Å². The number of imidazole rings is 1. The standard InChI is InChI=1S/C18H18F3N7O6S3/c1-26-15-14(16(29)27(2)17(26)30)28(8-23-15)3-4-35-7-13-24-10-5-9(18(19,20)21)11(36(22,31)32)6-12(10)37(33,34)25-13/h5-6,8H,3-4,7H2,1-2H3,(H,24,25)(H2,22,31,32). The van der Waals surface area contributed by atoms with Crippen molar-refractivity contribution in [2.75, 3.05) is 16.8 Å². The zero-order valence-electron chi connectivity index (χ0n) is 19.0. The summed E-state index contributed by atoms with van der Waals surface area (Å²) in [6.07, 6.45) is -3.75. The highest BCUT2D eigenvalue weighted by molar-refractivity contribution is 8.00. The molecule has 3 aromatic rings. The highest BCUT2D eigenvalue weighted by Crippen LogP contribution is 2.40. The molecule has 0 saturated heterocycles. The molecular weight excluding hydrogens is 563 g/mol. The third-order valence-electron chi connectivity index (χ3n) is 5.41. The molecule has 0 radical (unpaired) electrons. The van der Waals surface area contributed by atoms with Gasteiger partial charge in [-0.15, -0.1) is 4.40 Å². The Balaban J connectivity index is 1.55. The lowest BCUT2D eigenvalue weighted by molar-refractivity contribution is -0.139. The Hall–Kier alpha value is -3.16. The van der Waals surface area contributed by atoms with Crippen molar-refractivity contribution < 1.29 is 30.0 Å². The van der Waals surface area contributed by atoms with Crippen molar-refractivity contribution in [3.05, 3.63) is 44.9 Å². The number of nitrogens with zero attached hydrogens (tertiary/aromatic N) is 5. The second-order valence-corrected chi connectivity index (χ2v) is 12.1. The van der Waals surface area contributed by atoms with E-state index in [1.807, 2.05) is 0 Å². The van der Waals surface area contributed by atoms with Crippen LogP contribution in [0.25, 0.3) is 11.2 Å². The number of nitrogens with one attached hydrogen (secondary N) is 1. The number of aromatic nitrogens is 4. The number of alkyl halides is 3. The molecule has 4 rings (SSSR count). The fourth-order valence-corrected chi connectivity index (χ4v) is 6.54. The Morgan fingerprint density at radius 2 is 1.84 bits per heavy atom. The average molecular weight is 582 g/mol. The van der Waals surface area contributed by atoms with Gasteiger partial charge in [0.05, 0.1) is 28.2 Å². The Morgan fingerprint density at radius 1 is 1.16 bits per heavy atom. The van der Waals surface area contributed by atoms with Gasteiger partial charge in [-0.25, -0.2) is 23.3 Å². The molecule has 0 aliphatic carbocycles. The van der Waals surface area contributed by atoms with Crippen LogP contribution in [0.3, 0.4) is 0 Å². The Bertz CT molecular complexity index is 1810. The van der Waals surface area contributed by atoms with E-state index in [1.165, 1.54) is 29.6 Å². The van der Waals surface area contributed by atoms with Crippen LogP contribution in [0.15, 0.2) is 42.2 Å². The fourth-order valence-electron chi connectivity index (χ4n) is 3.66. The van der Waals surface area contributed by atoms with E-state index in [-0.39, 0.29) is 29.3 Å². The fraction of sp³-hybridized carbons (Fsp3) is 0.333. The molecule has 3 N–H and O–H groups in total. The minimum atomic E-state index is -5.13. The second-order valence-electron chi connectivity index (χ2n) is 7.89. The van der Waals surface area contributed by atoms with E-state index in [0.29, 0.717) is 17.9 Å². The van der Waals surface area contributed by atoms with Gasteiger partial charge in [0.2, 0.25) is 10.0 Å². The summed E-state index contributed by atoms with van der Waals surface area (Å²) >= 11 is 1.15. The van der Waals surface area contributed by atoms with Crippen molar-refractivity contribution in [2.24, 2.45) is 23.6 Å². The van der Waals surface area contributed by atoms with E-state index >= 15 is 0 Å². The number of rotatable bonds is 6. The summed E-state index contributed by atoms with van der Waals surface area (Å²) in [6, 6.07) is 0.699. The zero-order chi connectivity index (χ0) is 27.5. The summed E-state index contributed by atoms with van der Waals surface area (Å²) < 4.78 is 96.1. The SMILES string of the molecule is Cn1c(=O)c2c(ncn2CCSCC2=NS(=O)(=O)c3cc(S(N)(=O)=O)c(C(F)(F)F)cc3N2)n(C)c1=O. The predicted molar refractivity (Wildman–Crippen MR) is 129 cm³/mol. The molecule has 1 aliphatic heterocycles. The lowest BCUT2D eigenvalue weighted by atomic mass is 10.2. The summed E-state index contributed by atoms with van der Waals surface area (Å²) in [4.78, 5) is 26.5. The maximum atomic E-state index is 13.5. The molecule has 0 fully saturated rings. The van der Waals surface area contributed by atoms with E-state index in [1.54, 1.807) is 0 Å². The van der Waals surface area contributed by atoms with E-state index in [9.17, 15) is 39.6 Å². The van der Waals surface area contributed by atoms with Crippen molar-refractivity contribution in [2.45, 2.75) is 22.5 Å². The van der Waals surface area contributed by atoms with Gasteiger partial charge in [-0.05, 0) is 12.1 Å². The average Bonchev–Trinajstić information content (AvgIpc) is 3.21. The lowest BCUT2D eigenvalue weighted by Crippen LogP contribution is -2.37. The number of primary sulfonamides is 1. The molecule has 3 heterocycles. The van der Waals surface area contributed by atoms with Crippen LogP contribution in [0.1, 0.15) is 5.56 Å². The third kappa shape index (κ3) is 4.90. The molecule has 1 aliphatic rings. The topological polar surface area (TPSA) is 181 Å². The van der Waals surface area contributed by atoms with Gasteiger partial charge in [-0.3, -0.25) is 13.9 Å². The van der Waals surface area contributed by atoms with Gasteiger partial charge in [-0.2, -0.15) is 33.4 Å². The molecule has 19 heteroatoms. The van der Waals surface area contributed by atoms with Crippen LogP contribution in [0.5, 0.6) is 0 Å². The third-order valence-corrected chi connectivity index (χ3v) is 8.67. The first-order valence-corrected chi connectivity index (χ1v) is 14.2. The molecule has 1 aromatic carbocycles. The Morgan fingerprint density at radius 3 is 2.46 bits per heavy atom. The van der Waals surface area contributed by atoms with Gasteiger partial charge in [0.15, 0.2) is 11.2 Å². The van der Waals surface area contributed by atoms with Crippen molar-refractivity contribution >= 4 is 54.5 Å². The van der Waals surface area contributed by atoms with Crippen LogP contribution in [0.4, 0.5) is 18.9 Å². The van der Waals surface area contributed by atoms with E-state index in [0.717, 1.165) is 16.3 Å². The number of aryl methyl sites for hydroxylation is 2. The van der Waals surface area contributed by atoms with Gasteiger partial charge < -0.3 is 9.88 Å². The maximum absolute atomic E-state index is 13.5. The monoisotopic (exact) mass is 581 g/mol. The number of anilines is 1. The quantitative estimate of drug-likeness (QED) is 0.380. The number of nitrogens with two attached hydrogens (primary N) is 1. The molecule has 2 aromatic heterocycles. The molecule has 0 bridgehead atoms. The minimum Gasteiger partial charge on any atom is -0.341 e. The number of fused-ring (bicyclic) bond motifs is 2. The predicted octanol–water partition coefficient (Wildman–Crippen LogP) is 0.0460. The summed E-state index contributed by atoms with van der Waals surface area (Å²) in [5, 5.41) is 7.37. The molecule has 0 unspecified atom stereocenters. The summed E-state index contributed by atoms with van der Waals surface area (Å²) in [5.41, 5.74) is -2.80. The Labute approximate surface area is 210 Å². The number of benzene rings is 1. The smallest absolute Gasteiger partial charge is 0.341 e. The van der Waals surface area contributed by atoms with Crippen LogP contribution in [-0.2, 0) is 46.9 Å². The van der Waals surface area contributed by atoms with Gasteiger partial charge in [0.25, 0.3) is 15.6 Å². The number of hydrogen-bond donors (Lipinski definition) is 2. The van der Waals surface area contributed by atoms with Gasteiger partial charge in [0, 0.05) is 26.4 Å². The molecule has 0 amide bonds. The van der Waals surface area contributed by atoms with Crippen LogP contribution >= 0.6 is 11.8 Å². The largest absolute Gasteiger partial charge is 0.417 e. The summed E-state index contributed by atoms with van der Waals surface area (Å²) in [5.74, 6) is 0.0614. The van der Waals surface area contributed by atoms with Gasteiger partial charge >= 0.3 is 11.9 Å². The van der Waals surface area contributed by atoms with Crippen LogP contribution in [0.2, 0.25) is 0 Å². The normalized spacial score (nSPS) is 15.4.